The van der Waals surface area contributed by atoms with Gasteiger partial charge in [-0.05, 0) is 26.9 Å². The van der Waals surface area contributed by atoms with E-state index in [1.54, 1.807) is 0 Å². The maximum Gasteiger partial charge on any atom is 0.0484 e. The monoisotopic (exact) mass is 270 g/mol. The van der Waals surface area contributed by atoms with Crippen LogP contribution in [0.25, 0.3) is 0 Å². The molecule has 5 nitrogen and oxygen atoms in total. The van der Waals surface area contributed by atoms with Crippen molar-refractivity contribution in [1.82, 2.24) is 14.7 Å². The maximum absolute atomic E-state index is 6.48. The lowest BCUT2D eigenvalue weighted by atomic mass is 9.90. The van der Waals surface area contributed by atoms with E-state index in [0.29, 0.717) is 0 Å². The summed E-state index contributed by atoms with van der Waals surface area (Å²) >= 11 is 0. The summed E-state index contributed by atoms with van der Waals surface area (Å²) in [5.41, 5.74) is 6.47. The number of ether oxygens (including phenoxy) is 1. The Morgan fingerprint density at radius 3 is 2.21 bits per heavy atom. The van der Waals surface area contributed by atoms with Crippen molar-refractivity contribution < 1.29 is 4.74 Å². The molecule has 19 heavy (non-hydrogen) atoms. The zero-order valence-electron chi connectivity index (χ0n) is 12.6. The van der Waals surface area contributed by atoms with Crippen LogP contribution in [0.4, 0.5) is 0 Å². The van der Waals surface area contributed by atoms with Crippen LogP contribution in [0, 0.1) is 0 Å². The highest BCUT2D eigenvalue weighted by atomic mass is 16.5. The number of nitrogens with two attached hydrogens (primary N) is 1. The molecule has 5 heteroatoms. The van der Waals surface area contributed by atoms with Gasteiger partial charge in [-0.1, -0.05) is 0 Å². The number of likely N-dealkylation sites (N-methyl/N-ethyl adjacent to an activating group) is 1. The Balaban J connectivity index is 1.68. The van der Waals surface area contributed by atoms with E-state index in [-0.39, 0.29) is 5.54 Å². The predicted octanol–water partition coefficient (Wildman–Crippen LogP) is -0.326. The van der Waals surface area contributed by atoms with Gasteiger partial charge in [0.05, 0.1) is 0 Å². The first-order valence-electron chi connectivity index (χ1n) is 7.53. The molecule has 0 aliphatic carbocycles. The molecule has 112 valence electrons. The van der Waals surface area contributed by atoms with E-state index in [1.165, 1.54) is 19.6 Å². The third-order valence-corrected chi connectivity index (χ3v) is 4.36. The third-order valence-electron chi connectivity index (χ3n) is 4.36. The third kappa shape index (κ3) is 5.00. The Morgan fingerprint density at radius 2 is 1.63 bits per heavy atom. The molecule has 0 unspecified atom stereocenters. The molecule has 2 aliphatic rings. The van der Waals surface area contributed by atoms with Crippen LogP contribution < -0.4 is 5.73 Å². The summed E-state index contributed by atoms with van der Waals surface area (Å²) in [6, 6.07) is 0. The number of hydrogen-bond acceptors (Lipinski definition) is 5. The van der Waals surface area contributed by atoms with E-state index < -0.39 is 0 Å². The number of hydrogen-bond donors (Lipinski definition) is 1. The molecule has 0 spiro atoms. The second-order valence-electron chi connectivity index (χ2n) is 6.40. The molecule has 0 saturated carbocycles. The fraction of sp³-hybridized carbons (Fsp3) is 1.00. The molecular weight excluding hydrogens is 240 g/mol. The van der Waals surface area contributed by atoms with E-state index in [2.05, 4.69) is 28.8 Å². The maximum atomic E-state index is 6.48. The summed E-state index contributed by atoms with van der Waals surface area (Å²) in [5, 5.41) is 0. The highest BCUT2D eigenvalue weighted by Crippen LogP contribution is 2.19. The van der Waals surface area contributed by atoms with Gasteiger partial charge in [-0.25, -0.2) is 0 Å². The minimum atomic E-state index is -0.00986. The Bertz CT molecular complexity index is 258. The molecule has 0 amide bonds. The smallest absolute Gasteiger partial charge is 0.0484 e. The Kier molecular flexibility index (Phi) is 5.59. The Morgan fingerprint density at radius 1 is 1.05 bits per heavy atom. The predicted molar refractivity (Wildman–Crippen MR) is 78.4 cm³/mol. The summed E-state index contributed by atoms with van der Waals surface area (Å²) < 4.78 is 5.41. The molecule has 0 bridgehead atoms. The van der Waals surface area contributed by atoms with E-state index >= 15 is 0 Å². The second kappa shape index (κ2) is 6.99. The van der Waals surface area contributed by atoms with Crippen LogP contribution in [0.3, 0.4) is 0 Å². The SMILES string of the molecule is CN(C)CCN1CCN(CC2(N)CCOCC2)CC1. The molecule has 2 rings (SSSR count). The first-order valence-corrected chi connectivity index (χ1v) is 7.53. The summed E-state index contributed by atoms with van der Waals surface area (Å²) in [5.74, 6) is 0. The molecule has 0 radical (unpaired) electrons. The summed E-state index contributed by atoms with van der Waals surface area (Å²) in [4.78, 5) is 7.35. The van der Waals surface area contributed by atoms with Crippen LogP contribution in [0.1, 0.15) is 12.8 Å². The van der Waals surface area contributed by atoms with Crippen molar-refractivity contribution in [3.63, 3.8) is 0 Å². The molecule has 0 aromatic rings. The molecule has 2 fully saturated rings. The van der Waals surface area contributed by atoms with Crippen LogP contribution in [0.15, 0.2) is 0 Å². The molecule has 2 saturated heterocycles. The largest absolute Gasteiger partial charge is 0.381 e. The first-order chi connectivity index (χ1) is 9.07. The summed E-state index contributed by atoms with van der Waals surface area (Å²) in [6.45, 7) is 9.72. The number of nitrogens with zero attached hydrogens (tertiary/aromatic N) is 3. The van der Waals surface area contributed by atoms with E-state index in [0.717, 1.165) is 52.2 Å². The zero-order valence-corrected chi connectivity index (χ0v) is 12.6. The lowest BCUT2D eigenvalue weighted by Gasteiger charge is -2.41. The standard InChI is InChI=1S/C14H30N4O/c1-16(2)5-6-17-7-9-18(10-8-17)13-14(15)3-11-19-12-4-14/h3-13,15H2,1-2H3. The van der Waals surface area contributed by atoms with E-state index in [1.807, 2.05) is 0 Å². The minimum absolute atomic E-state index is 0.00986. The van der Waals surface area contributed by atoms with Gasteiger partial charge in [-0.2, -0.15) is 0 Å². The zero-order chi connectivity index (χ0) is 13.7. The van der Waals surface area contributed by atoms with Gasteiger partial charge in [-0.3, -0.25) is 9.80 Å². The minimum Gasteiger partial charge on any atom is -0.381 e. The fourth-order valence-electron chi connectivity index (χ4n) is 2.89. The topological polar surface area (TPSA) is 45.0 Å². The molecule has 0 aromatic heterocycles. The Hall–Kier alpha value is -0.200. The van der Waals surface area contributed by atoms with Crippen molar-refractivity contribution in [3.8, 4) is 0 Å². The molecular formula is C14H30N4O. The van der Waals surface area contributed by atoms with Gasteiger partial charge in [-0.15, -0.1) is 0 Å². The molecule has 2 N–H and O–H groups in total. The normalized spacial score (nSPS) is 25.9. The highest BCUT2D eigenvalue weighted by molar-refractivity contribution is 4.90. The fourth-order valence-corrected chi connectivity index (χ4v) is 2.89. The van der Waals surface area contributed by atoms with Gasteiger partial charge in [0.25, 0.3) is 0 Å². The van der Waals surface area contributed by atoms with Crippen molar-refractivity contribution in [2.24, 2.45) is 5.73 Å². The van der Waals surface area contributed by atoms with E-state index in [9.17, 15) is 0 Å². The average Bonchev–Trinajstić information content (AvgIpc) is 2.38. The van der Waals surface area contributed by atoms with Gasteiger partial charge >= 0.3 is 0 Å². The number of rotatable bonds is 5. The van der Waals surface area contributed by atoms with Crippen molar-refractivity contribution in [2.45, 2.75) is 18.4 Å². The van der Waals surface area contributed by atoms with Gasteiger partial charge in [0, 0.05) is 64.6 Å². The second-order valence-corrected chi connectivity index (χ2v) is 6.40. The molecule has 0 aromatic carbocycles. The van der Waals surface area contributed by atoms with E-state index in [4.69, 9.17) is 10.5 Å². The van der Waals surface area contributed by atoms with Crippen LogP contribution in [0.5, 0.6) is 0 Å². The van der Waals surface area contributed by atoms with Crippen molar-refractivity contribution in [3.05, 3.63) is 0 Å². The molecule has 2 aliphatic heterocycles. The Labute approximate surface area is 117 Å². The van der Waals surface area contributed by atoms with Crippen molar-refractivity contribution in [1.29, 1.82) is 0 Å². The van der Waals surface area contributed by atoms with Gasteiger partial charge in [0.15, 0.2) is 0 Å². The highest BCUT2D eigenvalue weighted by Gasteiger charge is 2.31. The quantitative estimate of drug-likeness (QED) is 0.741. The van der Waals surface area contributed by atoms with Crippen molar-refractivity contribution >= 4 is 0 Å². The average molecular weight is 270 g/mol. The molecule has 2 heterocycles. The first kappa shape index (κ1) is 15.2. The van der Waals surface area contributed by atoms with Crippen molar-refractivity contribution in [2.75, 3.05) is 73.1 Å². The van der Waals surface area contributed by atoms with Gasteiger partial charge in [0.2, 0.25) is 0 Å². The number of piperazine rings is 1. The van der Waals surface area contributed by atoms with Crippen LogP contribution in [-0.4, -0.2) is 93.4 Å². The van der Waals surface area contributed by atoms with Crippen LogP contribution in [0.2, 0.25) is 0 Å². The lowest BCUT2D eigenvalue weighted by Crippen LogP contribution is -2.57. The van der Waals surface area contributed by atoms with Crippen LogP contribution in [-0.2, 0) is 4.74 Å². The summed E-state index contributed by atoms with van der Waals surface area (Å²) in [7, 11) is 4.28. The lowest BCUT2D eigenvalue weighted by molar-refractivity contribution is 0.0276. The summed E-state index contributed by atoms with van der Waals surface area (Å²) in [6.07, 6.45) is 2.02. The van der Waals surface area contributed by atoms with Crippen LogP contribution >= 0.6 is 0 Å². The van der Waals surface area contributed by atoms with Gasteiger partial charge < -0.3 is 15.4 Å². The molecule has 0 atom stereocenters. The van der Waals surface area contributed by atoms with Gasteiger partial charge in [0.1, 0.15) is 0 Å².